The van der Waals surface area contributed by atoms with E-state index in [1.165, 1.54) is 7.11 Å². The summed E-state index contributed by atoms with van der Waals surface area (Å²) in [5.41, 5.74) is -1.10. The Labute approximate surface area is 186 Å². The fourth-order valence-electron chi connectivity index (χ4n) is 5.32. The van der Waals surface area contributed by atoms with Gasteiger partial charge in [-0.05, 0) is 35.7 Å². The molecule has 4 atom stereocenters. The molecule has 7 heteroatoms. The summed E-state index contributed by atoms with van der Waals surface area (Å²) in [4.78, 5) is 4.27. The third-order valence-corrected chi connectivity index (χ3v) is 6.75. The molecule has 0 bridgehead atoms. The standard InChI is InChI=1S/C25H25NO6/c1-29-17-8-6-16(7-9-17)25-19(15-5-4-10-26-14-15)13-22(27)24(25,28)23-20(31-3)11-18(30-2)12-21(23)32-25/h4-12,14,19,22,27-28H,13H2,1-3H3/t19-,22?,24+,25-/m0/s1. The van der Waals surface area contributed by atoms with Crippen molar-refractivity contribution in [3.05, 3.63) is 77.6 Å². The molecule has 2 aromatic carbocycles. The second kappa shape index (κ2) is 7.39. The largest absolute Gasteiger partial charge is 0.497 e. The second-order valence-corrected chi connectivity index (χ2v) is 8.13. The van der Waals surface area contributed by atoms with E-state index >= 15 is 0 Å². The number of aliphatic hydroxyl groups excluding tert-OH is 1. The van der Waals surface area contributed by atoms with Crippen molar-refractivity contribution >= 4 is 0 Å². The van der Waals surface area contributed by atoms with Crippen molar-refractivity contribution in [2.75, 3.05) is 21.3 Å². The van der Waals surface area contributed by atoms with Crippen LogP contribution >= 0.6 is 0 Å². The number of pyridine rings is 1. The Balaban J connectivity index is 1.80. The average molecular weight is 435 g/mol. The van der Waals surface area contributed by atoms with Crippen LogP contribution in [0.2, 0.25) is 0 Å². The fraction of sp³-hybridized carbons (Fsp3) is 0.320. The van der Waals surface area contributed by atoms with Gasteiger partial charge in [0.2, 0.25) is 0 Å². The van der Waals surface area contributed by atoms with Crippen molar-refractivity contribution < 1.29 is 29.2 Å². The Morgan fingerprint density at radius 3 is 2.38 bits per heavy atom. The van der Waals surface area contributed by atoms with Crippen LogP contribution in [-0.4, -0.2) is 42.6 Å². The number of hydrogen-bond acceptors (Lipinski definition) is 7. The Hall–Kier alpha value is -3.29. The Kier molecular flexibility index (Phi) is 4.76. The molecule has 5 rings (SSSR count). The molecule has 1 fully saturated rings. The van der Waals surface area contributed by atoms with E-state index in [1.807, 2.05) is 36.4 Å². The summed E-state index contributed by atoms with van der Waals surface area (Å²) in [7, 11) is 4.67. The zero-order chi connectivity index (χ0) is 22.5. The van der Waals surface area contributed by atoms with Crippen molar-refractivity contribution in [2.24, 2.45) is 0 Å². The first-order valence-corrected chi connectivity index (χ1v) is 10.4. The van der Waals surface area contributed by atoms with Crippen LogP contribution in [-0.2, 0) is 11.2 Å². The van der Waals surface area contributed by atoms with Gasteiger partial charge in [-0.3, -0.25) is 4.98 Å². The van der Waals surface area contributed by atoms with E-state index in [0.29, 0.717) is 34.1 Å². The van der Waals surface area contributed by atoms with E-state index in [4.69, 9.17) is 18.9 Å². The molecule has 1 saturated carbocycles. The van der Waals surface area contributed by atoms with Crippen LogP contribution in [0, 0.1) is 0 Å². The summed E-state index contributed by atoms with van der Waals surface area (Å²) in [6.45, 7) is 0. The lowest BCUT2D eigenvalue weighted by molar-refractivity contribution is -0.150. The molecular weight excluding hydrogens is 410 g/mol. The molecule has 1 aliphatic carbocycles. The third-order valence-electron chi connectivity index (χ3n) is 6.75. The van der Waals surface area contributed by atoms with Crippen LogP contribution in [0.4, 0.5) is 0 Å². The van der Waals surface area contributed by atoms with Crippen molar-refractivity contribution in [1.82, 2.24) is 4.98 Å². The molecule has 0 spiro atoms. The van der Waals surface area contributed by atoms with Crippen LogP contribution in [0.5, 0.6) is 23.0 Å². The van der Waals surface area contributed by atoms with Crippen molar-refractivity contribution in [3.63, 3.8) is 0 Å². The Morgan fingerprint density at radius 2 is 1.75 bits per heavy atom. The van der Waals surface area contributed by atoms with Crippen molar-refractivity contribution in [1.29, 1.82) is 0 Å². The van der Waals surface area contributed by atoms with Gasteiger partial charge >= 0.3 is 0 Å². The predicted octanol–water partition coefficient (Wildman–Crippen LogP) is 3.13. The van der Waals surface area contributed by atoms with Crippen LogP contribution in [0.15, 0.2) is 60.9 Å². The molecule has 0 saturated heterocycles. The number of rotatable bonds is 5. The lowest BCUT2D eigenvalue weighted by Gasteiger charge is -2.40. The monoisotopic (exact) mass is 435 g/mol. The Morgan fingerprint density at radius 1 is 1.00 bits per heavy atom. The molecule has 32 heavy (non-hydrogen) atoms. The number of aromatic nitrogens is 1. The van der Waals surface area contributed by atoms with Crippen LogP contribution in [0.3, 0.4) is 0 Å². The number of hydrogen-bond donors (Lipinski definition) is 2. The first-order chi connectivity index (χ1) is 15.5. The molecule has 0 amide bonds. The van der Waals surface area contributed by atoms with Crippen LogP contribution < -0.4 is 18.9 Å². The maximum absolute atomic E-state index is 12.3. The minimum atomic E-state index is -1.77. The fourth-order valence-corrected chi connectivity index (χ4v) is 5.32. The zero-order valence-corrected chi connectivity index (χ0v) is 18.1. The molecule has 2 N–H and O–H groups in total. The predicted molar refractivity (Wildman–Crippen MR) is 116 cm³/mol. The number of nitrogens with zero attached hydrogens (tertiary/aromatic N) is 1. The van der Waals surface area contributed by atoms with Crippen LogP contribution in [0.25, 0.3) is 0 Å². The van der Waals surface area contributed by atoms with Gasteiger partial charge in [-0.1, -0.05) is 18.2 Å². The molecule has 1 aliphatic heterocycles. The lowest BCUT2D eigenvalue weighted by atomic mass is 9.71. The number of methoxy groups -OCH3 is 3. The summed E-state index contributed by atoms with van der Waals surface area (Å²) in [6, 6.07) is 14.5. The quantitative estimate of drug-likeness (QED) is 0.636. The minimum absolute atomic E-state index is 0.281. The molecule has 3 aromatic rings. The molecule has 0 radical (unpaired) electrons. The summed E-state index contributed by atoms with van der Waals surface area (Å²) >= 11 is 0. The van der Waals surface area contributed by atoms with Gasteiger partial charge in [-0.2, -0.15) is 0 Å². The summed E-state index contributed by atoms with van der Waals surface area (Å²) in [5, 5.41) is 23.7. The van der Waals surface area contributed by atoms with Gasteiger partial charge in [-0.25, -0.2) is 0 Å². The minimum Gasteiger partial charge on any atom is -0.497 e. The number of fused-ring (bicyclic) bond motifs is 3. The SMILES string of the molecule is COc1ccc([C@@]23Oc4cc(OC)cc(OC)c4[C@]2(O)C(O)C[C@H]3c2cccnc2)cc1. The van der Waals surface area contributed by atoms with E-state index in [9.17, 15) is 10.2 Å². The summed E-state index contributed by atoms with van der Waals surface area (Å²) in [6.07, 6.45) is 2.61. The van der Waals surface area contributed by atoms with Gasteiger partial charge in [0.15, 0.2) is 11.2 Å². The van der Waals surface area contributed by atoms with Crippen molar-refractivity contribution in [3.8, 4) is 23.0 Å². The lowest BCUT2D eigenvalue weighted by Crippen LogP contribution is -2.52. The highest BCUT2D eigenvalue weighted by atomic mass is 16.5. The van der Waals surface area contributed by atoms with E-state index in [2.05, 4.69) is 4.98 Å². The normalized spacial score (nSPS) is 27.9. The smallest absolute Gasteiger partial charge is 0.176 e. The molecule has 7 nitrogen and oxygen atoms in total. The average Bonchev–Trinajstić information content (AvgIpc) is 3.24. The van der Waals surface area contributed by atoms with E-state index < -0.39 is 17.3 Å². The number of ether oxygens (including phenoxy) is 4. The Bertz CT molecular complexity index is 1140. The van der Waals surface area contributed by atoms with Crippen molar-refractivity contribution in [2.45, 2.75) is 29.6 Å². The highest BCUT2D eigenvalue weighted by Crippen LogP contribution is 2.68. The topological polar surface area (TPSA) is 90.3 Å². The van der Waals surface area contributed by atoms with Crippen LogP contribution in [0.1, 0.15) is 29.0 Å². The molecule has 166 valence electrons. The van der Waals surface area contributed by atoms with E-state index in [-0.39, 0.29) is 12.3 Å². The number of benzene rings is 2. The van der Waals surface area contributed by atoms with Gasteiger partial charge in [0.05, 0.1) is 33.0 Å². The molecular formula is C25H25NO6. The molecule has 2 aliphatic rings. The molecule has 2 heterocycles. The second-order valence-electron chi connectivity index (χ2n) is 8.13. The maximum atomic E-state index is 12.3. The number of aliphatic hydroxyl groups is 2. The van der Waals surface area contributed by atoms with Gasteiger partial charge in [0.25, 0.3) is 0 Å². The first kappa shape index (κ1) is 20.6. The maximum Gasteiger partial charge on any atom is 0.176 e. The molecule has 1 unspecified atom stereocenters. The first-order valence-electron chi connectivity index (χ1n) is 10.4. The highest BCUT2D eigenvalue weighted by molar-refractivity contribution is 5.62. The van der Waals surface area contributed by atoms with Gasteiger partial charge in [0.1, 0.15) is 23.0 Å². The van der Waals surface area contributed by atoms with Gasteiger partial charge in [0, 0.05) is 30.4 Å². The molecule has 1 aromatic heterocycles. The summed E-state index contributed by atoms with van der Waals surface area (Å²) in [5.74, 6) is 1.63. The third kappa shape index (κ3) is 2.58. The van der Waals surface area contributed by atoms with Gasteiger partial charge in [-0.15, -0.1) is 0 Å². The summed E-state index contributed by atoms with van der Waals surface area (Å²) < 4.78 is 23.0. The van der Waals surface area contributed by atoms with Gasteiger partial charge < -0.3 is 29.2 Å². The zero-order valence-electron chi connectivity index (χ0n) is 18.1. The highest BCUT2D eigenvalue weighted by Gasteiger charge is 2.73. The van der Waals surface area contributed by atoms with E-state index in [1.54, 1.807) is 38.7 Å². The van der Waals surface area contributed by atoms with E-state index in [0.717, 1.165) is 5.56 Å².